The minimum atomic E-state index is 0.138. The number of nitrogens with two attached hydrogens (primary N) is 1. The Morgan fingerprint density at radius 1 is 1.55 bits per heavy atom. The summed E-state index contributed by atoms with van der Waals surface area (Å²) in [4.78, 5) is 5.90. The molecule has 2 aromatic heterocycles. The lowest BCUT2D eigenvalue weighted by molar-refractivity contribution is 0.404. The van der Waals surface area contributed by atoms with E-state index >= 15 is 0 Å². The smallest absolute Gasteiger partial charge is 0.0731 e. The van der Waals surface area contributed by atoms with Crippen LogP contribution in [0.5, 0.6) is 0 Å². The number of hydrogen-bond acceptors (Lipinski definition) is 4. The summed E-state index contributed by atoms with van der Waals surface area (Å²) in [5.74, 6) is 6.22. The Morgan fingerprint density at radius 2 is 2.40 bits per heavy atom. The minimum absolute atomic E-state index is 0.138. The van der Waals surface area contributed by atoms with E-state index in [-0.39, 0.29) is 6.04 Å². The monoisotopic (exact) mass is 351 g/mol. The van der Waals surface area contributed by atoms with Gasteiger partial charge in [-0.2, -0.15) is 0 Å². The zero-order valence-electron chi connectivity index (χ0n) is 11.4. The molecule has 3 rings (SSSR count). The first kappa shape index (κ1) is 14.2. The lowest BCUT2D eigenvalue weighted by atomic mass is 9.81. The van der Waals surface area contributed by atoms with Gasteiger partial charge in [0.2, 0.25) is 0 Å². The number of aromatic nitrogens is 1. The average molecular weight is 352 g/mol. The van der Waals surface area contributed by atoms with E-state index in [2.05, 4.69) is 45.4 Å². The molecule has 0 spiro atoms. The van der Waals surface area contributed by atoms with Gasteiger partial charge in [0.25, 0.3) is 0 Å². The van der Waals surface area contributed by atoms with Crippen LogP contribution in [0.25, 0.3) is 0 Å². The van der Waals surface area contributed by atoms with Crippen molar-refractivity contribution in [3.63, 3.8) is 0 Å². The topological polar surface area (TPSA) is 50.9 Å². The van der Waals surface area contributed by atoms with Crippen molar-refractivity contribution in [1.82, 2.24) is 10.4 Å². The van der Waals surface area contributed by atoms with E-state index in [0.29, 0.717) is 5.92 Å². The van der Waals surface area contributed by atoms with Crippen LogP contribution in [0.1, 0.15) is 46.5 Å². The number of nitrogens with zero attached hydrogens (tertiary/aromatic N) is 1. The first-order valence-electron chi connectivity index (χ1n) is 6.86. The van der Waals surface area contributed by atoms with Crippen LogP contribution < -0.4 is 11.3 Å². The van der Waals surface area contributed by atoms with Crippen LogP contribution >= 0.6 is 27.3 Å². The highest BCUT2D eigenvalue weighted by Crippen LogP contribution is 2.42. The van der Waals surface area contributed by atoms with Crippen molar-refractivity contribution in [2.24, 2.45) is 5.84 Å². The number of thiophene rings is 1. The van der Waals surface area contributed by atoms with Gasteiger partial charge in [0.15, 0.2) is 0 Å². The zero-order chi connectivity index (χ0) is 14.1. The predicted octanol–water partition coefficient (Wildman–Crippen LogP) is 3.84. The highest BCUT2D eigenvalue weighted by atomic mass is 79.9. The fraction of sp³-hybridized carbons (Fsp3) is 0.400. The van der Waals surface area contributed by atoms with Crippen LogP contribution in [-0.2, 0) is 6.42 Å². The van der Waals surface area contributed by atoms with E-state index in [1.165, 1.54) is 31.9 Å². The molecule has 2 heterocycles. The Hall–Kier alpha value is -0.750. The molecule has 0 aliphatic heterocycles. The van der Waals surface area contributed by atoms with E-state index in [1.54, 1.807) is 11.3 Å². The Morgan fingerprint density at radius 3 is 3.10 bits per heavy atom. The van der Waals surface area contributed by atoms with Crippen LogP contribution in [0.15, 0.2) is 28.2 Å². The van der Waals surface area contributed by atoms with Gasteiger partial charge in [-0.15, -0.1) is 11.3 Å². The van der Waals surface area contributed by atoms with Crippen LogP contribution in [0.2, 0.25) is 0 Å². The Balaban J connectivity index is 1.98. The van der Waals surface area contributed by atoms with Crippen molar-refractivity contribution < 1.29 is 0 Å². The minimum Gasteiger partial charge on any atom is -0.271 e. The molecule has 0 amide bonds. The van der Waals surface area contributed by atoms with Gasteiger partial charge in [-0.1, -0.05) is 6.07 Å². The predicted molar refractivity (Wildman–Crippen MR) is 86.7 cm³/mol. The fourth-order valence-electron chi connectivity index (χ4n) is 3.00. The molecular weight excluding hydrogens is 334 g/mol. The van der Waals surface area contributed by atoms with Crippen molar-refractivity contribution in [3.05, 3.63) is 49.9 Å². The summed E-state index contributed by atoms with van der Waals surface area (Å²) in [6, 6.07) is 6.57. The van der Waals surface area contributed by atoms with E-state index < -0.39 is 0 Å². The van der Waals surface area contributed by atoms with Crippen molar-refractivity contribution in [1.29, 1.82) is 0 Å². The highest BCUT2D eigenvalue weighted by molar-refractivity contribution is 9.11. The van der Waals surface area contributed by atoms with Crippen LogP contribution in [0.3, 0.4) is 0 Å². The summed E-state index contributed by atoms with van der Waals surface area (Å²) in [6.07, 6.45) is 5.35. The quantitative estimate of drug-likeness (QED) is 0.652. The Labute approximate surface area is 131 Å². The molecule has 2 atom stereocenters. The molecule has 3 nitrogen and oxygen atoms in total. The number of aryl methyl sites for hydroxylation is 2. The van der Waals surface area contributed by atoms with Crippen LogP contribution in [0.4, 0.5) is 0 Å². The Bertz CT molecular complexity index is 591. The molecule has 3 N–H and O–H groups in total. The molecular formula is C15H18BrN3S. The summed E-state index contributed by atoms with van der Waals surface area (Å²) >= 11 is 5.37. The Kier molecular flexibility index (Phi) is 4.21. The summed E-state index contributed by atoms with van der Waals surface area (Å²) in [5, 5.41) is 0. The number of fused-ring (bicyclic) bond motifs is 1. The van der Waals surface area contributed by atoms with Crippen LogP contribution in [-0.4, -0.2) is 4.98 Å². The maximum absolute atomic E-state index is 5.87. The molecule has 1 aliphatic carbocycles. The summed E-state index contributed by atoms with van der Waals surface area (Å²) < 4.78 is 1.19. The van der Waals surface area contributed by atoms with Crippen molar-refractivity contribution in [2.45, 2.75) is 38.1 Å². The molecule has 0 bridgehead atoms. The maximum Gasteiger partial charge on any atom is 0.0731 e. The third-order valence-electron chi connectivity index (χ3n) is 4.00. The van der Waals surface area contributed by atoms with E-state index in [1.807, 2.05) is 12.3 Å². The van der Waals surface area contributed by atoms with Gasteiger partial charge >= 0.3 is 0 Å². The average Bonchev–Trinajstić information content (AvgIpc) is 2.79. The molecule has 5 heteroatoms. The normalized spacial score (nSPS) is 19.6. The number of nitrogens with one attached hydrogen (secondary N) is 1. The molecule has 0 saturated carbocycles. The fourth-order valence-corrected chi connectivity index (χ4v) is 4.70. The zero-order valence-corrected chi connectivity index (χ0v) is 13.8. The number of halogens is 1. The molecule has 1 aliphatic rings. The van der Waals surface area contributed by atoms with Crippen LogP contribution in [0, 0.1) is 6.92 Å². The van der Waals surface area contributed by atoms with Crippen molar-refractivity contribution in [2.75, 3.05) is 0 Å². The van der Waals surface area contributed by atoms with Gasteiger partial charge in [0.05, 0.1) is 9.83 Å². The van der Waals surface area contributed by atoms with Gasteiger partial charge in [-0.05, 0) is 65.4 Å². The van der Waals surface area contributed by atoms with Gasteiger partial charge in [-0.25, -0.2) is 0 Å². The second kappa shape index (κ2) is 5.93. The van der Waals surface area contributed by atoms with Gasteiger partial charge in [0, 0.05) is 22.7 Å². The number of pyridine rings is 1. The molecule has 20 heavy (non-hydrogen) atoms. The lowest BCUT2D eigenvalue weighted by Gasteiger charge is -2.30. The van der Waals surface area contributed by atoms with Gasteiger partial charge < -0.3 is 0 Å². The number of hydrazine groups is 1. The largest absolute Gasteiger partial charge is 0.271 e. The molecule has 2 aromatic rings. The first-order chi connectivity index (χ1) is 9.70. The van der Waals surface area contributed by atoms with E-state index in [9.17, 15) is 0 Å². The van der Waals surface area contributed by atoms with E-state index in [4.69, 9.17) is 5.84 Å². The molecule has 0 radical (unpaired) electrons. The number of hydrogen-bond donors (Lipinski definition) is 2. The second-order valence-electron chi connectivity index (χ2n) is 5.30. The summed E-state index contributed by atoms with van der Waals surface area (Å²) in [6.45, 7) is 2.12. The summed E-state index contributed by atoms with van der Waals surface area (Å²) in [7, 11) is 0. The molecule has 2 unspecified atom stereocenters. The second-order valence-corrected chi connectivity index (χ2v) is 7.70. The maximum atomic E-state index is 5.87. The number of rotatable bonds is 3. The third-order valence-corrected chi connectivity index (χ3v) is 6.22. The molecule has 0 fully saturated rings. The third kappa shape index (κ3) is 2.55. The first-order valence-corrected chi connectivity index (χ1v) is 8.47. The standard InChI is InChI=1S/C15H18BrN3S/c1-9-8-12(20-15(9)16)14(19-17)11-6-2-4-10-5-3-7-18-13(10)11/h3,5,7-8,11,14,19H,2,4,6,17H2,1H3. The van der Waals surface area contributed by atoms with Gasteiger partial charge in [-0.3, -0.25) is 16.3 Å². The van der Waals surface area contributed by atoms with Crippen molar-refractivity contribution >= 4 is 27.3 Å². The SMILES string of the molecule is Cc1cc(C(NN)C2CCCc3cccnc32)sc1Br. The van der Waals surface area contributed by atoms with Gasteiger partial charge in [0.1, 0.15) is 0 Å². The van der Waals surface area contributed by atoms with Crippen molar-refractivity contribution in [3.8, 4) is 0 Å². The lowest BCUT2D eigenvalue weighted by Crippen LogP contribution is -2.34. The van der Waals surface area contributed by atoms with E-state index in [0.717, 1.165) is 12.8 Å². The summed E-state index contributed by atoms with van der Waals surface area (Å²) in [5.41, 5.74) is 6.87. The molecule has 0 aromatic carbocycles. The highest BCUT2D eigenvalue weighted by Gasteiger charge is 2.30. The molecule has 0 saturated heterocycles. The molecule has 106 valence electrons.